The minimum absolute atomic E-state index is 0.0903. The maximum absolute atomic E-state index is 14.7. The van der Waals surface area contributed by atoms with Crippen LogP contribution < -0.4 is 15.2 Å². The summed E-state index contributed by atoms with van der Waals surface area (Å²) < 4.78 is 45.4. The van der Waals surface area contributed by atoms with Crippen LogP contribution in [-0.2, 0) is 16.0 Å². The van der Waals surface area contributed by atoms with E-state index in [9.17, 15) is 13.6 Å². The molecule has 0 bridgehead atoms. The predicted molar refractivity (Wildman–Crippen MR) is 113 cm³/mol. The summed E-state index contributed by atoms with van der Waals surface area (Å²) in [5.74, 6) is -3.36. The molecule has 3 aromatic rings. The number of rotatable bonds is 8. The molecule has 7 nitrogen and oxygen atoms in total. The molecule has 0 aliphatic carbocycles. The Labute approximate surface area is 183 Å². The fourth-order valence-corrected chi connectivity index (χ4v) is 2.80. The molecular formula is C23H21F2N3O4. The molecule has 0 spiro atoms. The molecule has 0 amide bonds. The van der Waals surface area contributed by atoms with Gasteiger partial charge in [-0.05, 0) is 32.0 Å². The topological polar surface area (TPSA) is 108 Å². The van der Waals surface area contributed by atoms with Gasteiger partial charge in [-0.1, -0.05) is 30.3 Å². The van der Waals surface area contributed by atoms with Gasteiger partial charge in [-0.2, -0.15) is 4.98 Å². The van der Waals surface area contributed by atoms with Crippen LogP contribution in [0.3, 0.4) is 0 Å². The van der Waals surface area contributed by atoms with Gasteiger partial charge in [0, 0.05) is 16.7 Å². The molecule has 0 atom stereocenters. The van der Waals surface area contributed by atoms with Crippen LogP contribution in [0.1, 0.15) is 23.6 Å². The minimum atomic E-state index is -1.00. The van der Waals surface area contributed by atoms with Crippen molar-refractivity contribution in [2.24, 2.45) is 5.73 Å². The highest BCUT2D eigenvalue weighted by Crippen LogP contribution is 2.34. The van der Waals surface area contributed by atoms with Crippen LogP contribution in [-0.4, -0.2) is 23.4 Å². The zero-order chi connectivity index (χ0) is 23.3. The van der Waals surface area contributed by atoms with Crippen molar-refractivity contribution in [3.8, 4) is 23.3 Å². The molecule has 3 rings (SSSR count). The molecule has 9 heteroatoms. The smallest absolute Gasteiger partial charge is 0.310 e. The SMILES string of the molecule is CCOC(=O)Cc1ccccc1Oc1nc(Oc2cccc(C(=N)N)c2)c(F)c(C)c1F. The van der Waals surface area contributed by atoms with Crippen molar-refractivity contribution in [2.45, 2.75) is 20.3 Å². The van der Waals surface area contributed by atoms with Crippen LogP contribution in [0.2, 0.25) is 0 Å². The molecule has 0 radical (unpaired) electrons. The summed E-state index contributed by atoms with van der Waals surface area (Å²) in [6, 6.07) is 12.6. The van der Waals surface area contributed by atoms with E-state index in [2.05, 4.69) is 4.98 Å². The first-order chi connectivity index (χ1) is 15.3. The number of ether oxygens (including phenoxy) is 3. The number of nitrogens with two attached hydrogens (primary N) is 1. The third-order valence-corrected chi connectivity index (χ3v) is 4.42. The third-order valence-electron chi connectivity index (χ3n) is 4.42. The molecule has 2 aromatic carbocycles. The highest BCUT2D eigenvalue weighted by Gasteiger charge is 2.22. The number of benzene rings is 2. The van der Waals surface area contributed by atoms with Crippen LogP contribution in [0.25, 0.3) is 0 Å². The number of carbonyl (C=O) groups excluding carboxylic acids is 1. The van der Waals surface area contributed by atoms with E-state index in [4.69, 9.17) is 25.4 Å². The molecule has 0 saturated carbocycles. The first-order valence-corrected chi connectivity index (χ1v) is 9.69. The number of halogens is 2. The lowest BCUT2D eigenvalue weighted by Gasteiger charge is -2.14. The Morgan fingerprint density at radius 2 is 1.75 bits per heavy atom. The van der Waals surface area contributed by atoms with Crippen molar-refractivity contribution >= 4 is 11.8 Å². The average Bonchev–Trinajstić information content (AvgIpc) is 2.77. The summed E-state index contributed by atoms with van der Waals surface area (Å²) in [5.41, 5.74) is 5.93. The Kier molecular flexibility index (Phi) is 6.99. The van der Waals surface area contributed by atoms with Crippen LogP contribution in [0.5, 0.6) is 23.3 Å². The molecule has 0 aliphatic rings. The van der Waals surface area contributed by atoms with Crippen molar-refractivity contribution in [3.05, 3.63) is 76.9 Å². The van der Waals surface area contributed by atoms with Gasteiger partial charge in [0.15, 0.2) is 11.6 Å². The van der Waals surface area contributed by atoms with E-state index in [1.54, 1.807) is 37.3 Å². The summed E-state index contributed by atoms with van der Waals surface area (Å²) in [4.78, 5) is 15.7. The van der Waals surface area contributed by atoms with Crippen molar-refractivity contribution in [2.75, 3.05) is 6.61 Å². The number of nitrogens with zero attached hydrogens (tertiary/aromatic N) is 1. The van der Waals surface area contributed by atoms with E-state index in [0.29, 0.717) is 11.1 Å². The Morgan fingerprint density at radius 1 is 1.06 bits per heavy atom. The first-order valence-electron chi connectivity index (χ1n) is 9.69. The maximum atomic E-state index is 14.7. The van der Waals surface area contributed by atoms with E-state index < -0.39 is 29.4 Å². The quantitative estimate of drug-likeness (QED) is 0.300. The van der Waals surface area contributed by atoms with Crippen LogP contribution >= 0.6 is 0 Å². The van der Waals surface area contributed by atoms with Gasteiger partial charge in [0.25, 0.3) is 11.8 Å². The number of hydrogen-bond acceptors (Lipinski definition) is 6. The number of nitrogen functional groups attached to an aromatic ring is 1. The van der Waals surface area contributed by atoms with Gasteiger partial charge in [-0.15, -0.1) is 0 Å². The molecule has 0 fully saturated rings. The zero-order valence-electron chi connectivity index (χ0n) is 17.4. The van der Waals surface area contributed by atoms with Gasteiger partial charge in [-0.3, -0.25) is 10.2 Å². The number of hydrogen-bond donors (Lipinski definition) is 2. The van der Waals surface area contributed by atoms with E-state index in [1.165, 1.54) is 25.1 Å². The second-order valence-electron chi connectivity index (χ2n) is 6.71. The molecule has 1 aromatic heterocycles. The average molecular weight is 441 g/mol. The number of esters is 1. The number of aromatic nitrogens is 1. The van der Waals surface area contributed by atoms with E-state index in [1.807, 2.05) is 0 Å². The number of carbonyl (C=O) groups is 1. The Morgan fingerprint density at radius 3 is 2.44 bits per heavy atom. The van der Waals surface area contributed by atoms with E-state index in [0.717, 1.165) is 0 Å². The Hall–Kier alpha value is -4.01. The van der Waals surface area contributed by atoms with Gasteiger partial charge in [0.1, 0.15) is 17.3 Å². The van der Waals surface area contributed by atoms with Crippen LogP contribution in [0, 0.1) is 24.0 Å². The largest absolute Gasteiger partial charge is 0.466 e. The van der Waals surface area contributed by atoms with E-state index >= 15 is 0 Å². The van der Waals surface area contributed by atoms with Crippen molar-refractivity contribution in [1.82, 2.24) is 4.98 Å². The van der Waals surface area contributed by atoms with Crippen molar-refractivity contribution in [3.63, 3.8) is 0 Å². The standard InChI is InChI=1S/C23H21F2N3O4/c1-3-30-18(29)12-14-7-4-5-10-17(14)32-23-20(25)13(2)19(24)22(28-23)31-16-9-6-8-15(11-16)21(26)27/h4-11H,3,12H2,1-2H3,(H3,26,27). The second kappa shape index (κ2) is 9.86. The summed E-state index contributed by atoms with van der Waals surface area (Å²) in [5, 5.41) is 7.50. The molecule has 1 heterocycles. The Balaban J connectivity index is 1.94. The highest BCUT2D eigenvalue weighted by molar-refractivity contribution is 5.95. The van der Waals surface area contributed by atoms with Gasteiger partial charge < -0.3 is 19.9 Å². The predicted octanol–water partition coefficient (Wildman–Crippen LogP) is 4.64. The molecule has 0 aliphatic heterocycles. The molecule has 32 heavy (non-hydrogen) atoms. The lowest BCUT2D eigenvalue weighted by atomic mass is 10.1. The lowest BCUT2D eigenvalue weighted by Crippen LogP contribution is -2.10. The minimum Gasteiger partial charge on any atom is -0.466 e. The van der Waals surface area contributed by atoms with E-state index in [-0.39, 0.29) is 35.9 Å². The first kappa shape index (κ1) is 22.7. The van der Waals surface area contributed by atoms with Gasteiger partial charge >= 0.3 is 5.97 Å². The summed E-state index contributed by atoms with van der Waals surface area (Å²) in [6.45, 7) is 3.14. The van der Waals surface area contributed by atoms with Crippen molar-refractivity contribution in [1.29, 1.82) is 5.41 Å². The fourth-order valence-electron chi connectivity index (χ4n) is 2.80. The van der Waals surface area contributed by atoms with Crippen LogP contribution in [0.4, 0.5) is 8.78 Å². The second-order valence-corrected chi connectivity index (χ2v) is 6.71. The normalized spacial score (nSPS) is 10.5. The molecule has 0 unspecified atom stereocenters. The number of amidine groups is 1. The van der Waals surface area contributed by atoms with Gasteiger partial charge in [-0.25, -0.2) is 8.78 Å². The summed E-state index contributed by atoms with van der Waals surface area (Å²) >= 11 is 0. The maximum Gasteiger partial charge on any atom is 0.310 e. The molecule has 3 N–H and O–H groups in total. The summed E-state index contributed by atoms with van der Waals surface area (Å²) in [7, 11) is 0. The number of para-hydroxylation sites is 1. The third kappa shape index (κ3) is 5.18. The molecule has 166 valence electrons. The lowest BCUT2D eigenvalue weighted by molar-refractivity contribution is -0.142. The monoisotopic (exact) mass is 441 g/mol. The molecular weight excluding hydrogens is 420 g/mol. The van der Waals surface area contributed by atoms with Crippen molar-refractivity contribution < 1.29 is 27.8 Å². The fraction of sp³-hybridized carbons (Fsp3) is 0.174. The number of pyridine rings is 1. The zero-order valence-corrected chi connectivity index (χ0v) is 17.4. The highest BCUT2D eigenvalue weighted by atomic mass is 19.1. The Bertz CT molecular complexity index is 1170. The van der Waals surface area contributed by atoms with Gasteiger partial charge in [0.05, 0.1) is 13.0 Å². The van der Waals surface area contributed by atoms with Gasteiger partial charge in [0.2, 0.25) is 0 Å². The number of nitrogens with one attached hydrogen (secondary N) is 1. The van der Waals surface area contributed by atoms with Crippen LogP contribution in [0.15, 0.2) is 48.5 Å². The summed E-state index contributed by atoms with van der Waals surface area (Å²) in [6.07, 6.45) is -0.0903. The molecule has 0 saturated heterocycles.